The van der Waals surface area contributed by atoms with Crippen LogP contribution in [0.15, 0.2) is 79.0 Å². The Kier molecular flexibility index (Phi) is 9.43. The number of carbonyl (C=O) groups excluding carboxylic acids is 2. The largest absolute Gasteiger partial charge is 0.383 e. The lowest BCUT2D eigenvalue weighted by atomic mass is 9.86. The van der Waals surface area contributed by atoms with Gasteiger partial charge in [-0.15, -0.1) is 0 Å². The van der Waals surface area contributed by atoms with Crippen LogP contribution in [-0.4, -0.2) is 59.9 Å². The lowest BCUT2D eigenvalue weighted by Crippen LogP contribution is -2.44. The Morgan fingerprint density at radius 1 is 0.875 bits per heavy atom. The Morgan fingerprint density at radius 2 is 1.57 bits per heavy atom. The second-order valence-corrected chi connectivity index (χ2v) is 11.5. The number of amides is 2. The zero-order valence-electron chi connectivity index (χ0n) is 24.4. The summed E-state index contributed by atoms with van der Waals surface area (Å²) in [6.45, 7) is 10.2. The zero-order valence-corrected chi connectivity index (χ0v) is 24.4. The van der Waals surface area contributed by atoms with E-state index in [0.717, 1.165) is 16.6 Å². The van der Waals surface area contributed by atoms with Gasteiger partial charge >= 0.3 is 0 Å². The molecule has 0 unspecified atom stereocenters. The van der Waals surface area contributed by atoms with E-state index in [4.69, 9.17) is 4.74 Å². The summed E-state index contributed by atoms with van der Waals surface area (Å²) in [5.74, 6) is -0.256. The van der Waals surface area contributed by atoms with Crippen molar-refractivity contribution in [3.8, 4) is 0 Å². The molecule has 0 bridgehead atoms. The van der Waals surface area contributed by atoms with Crippen molar-refractivity contribution in [2.24, 2.45) is 0 Å². The van der Waals surface area contributed by atoms with Crippen LogP contribution in [0.3, 0.4) is 0 Å². The van der Waals surface area contributed by atoms with E-state index in [1.54, 1.807) is 12.0 Å². The van der Waals surface area contributed by atoms with E-state index in [-0.39, 0.29) is 23.8 Å². The van der Waals surface area contributed by atoms with Crippen LogP contribution in [0.25, 0.3) is 10.9 Å². The molecular weight excluding hydrogens is 498 g/mol. The van der Waals surface area contributed by atoms with E-state index >= 15 is 0 Å². The molecule has 0 saturated heterocycles. The predicted octanol–water partition coefficient (Wildman–Crippen LogP) is 6.13. The van der Waals surface area contributed by atoms with Crippen molar-refractivity contribution in [2.45, 2.75) is 46.1 Å². The highest BCUT2D eigenvalue weighted by Gasteiger charge is 2.23. The third kappa shape index (κ3) is 7.39. The van der Waals surface area contributed by atoms with Crippen LogP contribution < -0.4 is 0 Å². The van der Waals surface area contributed by atoms with Crippen LogP contribution in [-0.2, 0) is 27.9 Å². The van der Waals surface area contributed by atoms with Crippen molar-refractivity contribution in [1.82, 2.24) is 14.8 Å². The Morgan fingerprint density at radius 3 is 2.25 bits per heavy atom. The Hall–Kier alpha value is -3.90. The van der Waals surface area contributed by atoms with Gasteiger partial charge in [-0.2, -0.15) is 0 Å². The molecule has 0 atom stereocenters. The Balaban J connectivity index is 1.54. The lowest BCUT2D eigenvalue weighted by Gasteiger charge is -2.28. The Bertz CT molecular complexity index is 1420. The first-order chi connectivity index (χ1) is 19.2. The highest BCUT2D eigenvalue weighted by Crippen LogP contribution is 2.23. The molecule has 6 nitrogen and oxygen atoms in total. The minimum absolute atomic E-state index is 0.00540. The summed E-state index contributed by atoms with van der Waals surface area (Å²) in [6, 6.07) is 24.1. The molecule has 6 heteroatoms. The van der Waals surface area contributed by atoms with Gasteiger partial charge < -0.3 is 19.5 Å². The molecule has 40 heavy (non-hydrogen) atoms. The molecule has 0 aliphatic carbocycles. The van der Waals surface area contributed by atoms with Crippen LogP contribution in [0.4, 0.5) is 0 Å². The number of H-pyrrole nitrogens is 1. The standard InChI is InChI=1S/C34H41N3O3/c1-25-10-12-26(13-11-25)23-36(19-18-28-22-35-31-9-7-6-8-30(28)31)32(38)24-37(20-21-40-5)33(39)27-14-16-29(17-15-27)34(2,3)4/h6-17,22,35H,18-21,23-24H2,1-5H3. The minimum Gasteiger partial charge on any atom is -0.383 e. The van der Waals surface area contributed by atoms with Crippen LogP contribution in [0, 0.1) is 6.92 Å². The molecule has 4 rings (SSSR count). The number of rotatable bonds is 11. The van der Waals surface area contributed by atoms with Crippen molar-refractivity contribution in [3.63, 3.8) is 0 Å². The first-order valence-electron chi connectivity index (χ1n) is 13.9. The fourth-order valence-corrected chi connectivity index (χ4v) is 4.81. The molecule has 210 valence electrons. The summed E-state index contributed by atoms with van der Waals surface area (Å²) in [4.78, 5) is 34.2. The third-order valence-corrected chi connectivity index (χ3v) is 7.35. The normalized spacial score (nSPS) is 11.5. The fraction of sp³-hybridized carbons (Fsp3) is 0.353. The van der Waals surface area contributed by atoms with Crippen molar-refractivity contribution < 1.29 is 14.3 Å². The molecule has 0 aliphatic rings. The van der Waals surface area contributed by atoms with Gasteiger partial charge in [0.25, 0.3) is 5.91 Å². The van der Waals surface area contributed by atoms with Crippen LogP contribution >= 0.6 is 0 Å². The number of aromatic nitrogens is 1. The number of benzene rings is 3. The second-order valence-electron chi connectivity index (χ2n) is 11.5. The highest BCUT2D eigenvalue weighted by molar-refractivity contribution is 5.96. The molecule has 2 amide bonds. The number of carbonyl (C=O) groups is 2. The van der Waals surface area contributed by atoms with E-state index in [9.17, 15) is 9.59 Å². The summed E-state index contributed by atoms with van der Waals surface area (Å²) in [5.41, 5.74) is 6.21. The van der Waals surface area contributed by atoms with Gasteiger partial charge in [0, 0.05) is 49.4 Å². The van der Waals surface area contributed by atoms with Crippen molar-refractivity contribution in [2.75, 3.05) is 33.4 Å². The lowest BCUT2D eigenvalue weighted by molar-refractivity contribution is -0.132. The van der Waals surface area contributed by atoms with E-state index in [1.807, 2.05) is 47.5 Å². The van der Waals surface area contributed by atoms with Crippen LogP contribution in [0.5, 0.6) is 0 Å². The zero-order chi connectivity index (χ0) is 28.7. The van der Waals surface area contributed by atoms with Gasteiger partial charge in [-0.05, 0) is 53.6 Å². The number of aromatic amines is 1. The number of fused-ring (bicyclic) bond motifs is 1. The highest BCUT2D eigenvalue weighted by atomic mass is 16.5. The molecule has 1 aromatic heterocycles. The van der Waals surface area contributed by atoms with Gasteiger partial charge in [0.2, 0.25) is 5.91 Å². The van der Waals surface area contributed by atoms with Gasteiger partial charge in [0.1, 0.15) is 6.54 Å². The molecule has 1 N–H and O–H groups in total. The van der Waals surface area contributed by atoms with Gasteiger partial charge in [-0.25, -0.2) is 0 Å². The van der Waals surface area contributed by atoms with E-state index in [0.29, 0.717) is 38.2 Å². The van der Waals surface area contributed by atoms with E-state index < -0.39 is 0 Å². The average molecular weight is 540 g/mol. The van der Waals surface area contributed by atoms with Gasteiger partial charge in [0.05, 0.1) is 6.61 Å². The minimum atomic E-state index is -0.169. The smallest absolute Gasteiger partial charge is 0.254 e. The van der Waals surface area contributed by atoms with Gasteiger partial charge in [-0.3, -0.25) is 9.59 Å². The van der Waals surface area contributed by atoms with E-state index in [2.05, 4.69) is 69.1 Å². The molecular formula is C34H41N3O3. The summed E-state index contributed by atoms with van der Waals surface area (Å²) in [6.07, 6.45) is 2.73. The number of hydrogen-bond donors (Lipinski definition) is 1. The number of hydrogen-bond acceptors (Lipinski definition) is 3. The maximum Gasteiger partial charge on any atom is 0.254 e. The second kappa shape index (κ2) is 13.0. The number of methoxy groups -OCH3 is 1. The van der Waals surface area contributed by atoms with Crippen molar-refractivity contribution in [3.05, 3.63) is 107 Å². The van der Waals surface area contributed by atoms with Crippen molar-refractivity contribution in [1.29, 1.82) is 0 Å². The molecule has 4 aromatic rings. The quantitative estimate of drug-likeness (QED) is 0.249. The first kappa shape index (κ1) is 29.1. The van der Waals surface area contributed by atoms with Crippen LogP contribution in [0.1, 0.15) is 53.4 Å². The molecule has 0 fully saturated rings. The molecule has 0 aliphatic heterocycles. The first-order valence-corrected chi connectivity index (χ1v) is 13.9. The molecule has 1 heterocycles. The number of nitrogens with zero attached hydrogens (tertiary/aromatic N) is 2. The number of para-hydroxylation sites is 1. The number of aryl methyl sites for hydroxylation is 1. The van der Waals surface area contributed by atoms with Crippen molar-refractivity contribution >= 4 is 22.7 Å². The maximum atomic E-state index is 13.8. The number of ether oxygens (including phenoxy) is 1. The molecule has 0 radical (unpaired) electrons. The van der Waals surface area contributed by atoms with Gasteiger partial charge in [0.15, 0.2) is 0 Å². The van der Waals surface area contributed by atoms with Crippen LogP contribution in [0.2, 0.25) is 0 Å². The van der Waals surface area contributed by atoms with Gasteiger partial charge in [-0.1, -0.05) is 80.9 Å². The molecule has 0 saturated carbocycles. The third-order valence-electron chi connectivity index (χ3n) is 7.35. The predicted molar refractivity (Wildman–Crippen MR) is 162 cm³/mol. The fourth-order valence-electron chi connectivity index (χ4n) is 4.81. The topological polar surface area (TPSA) is 65.6 Å². The SMILES string of the molecule is COCCN(CC(=O)N(CCc1c[nH]c2ccccc12)Cc1ccc(C)cc1)C(=O)c1ccc(C(C)(C)C)cc1. The Labute approximate surface area is 238 Å². The number of nitrogens with one attached hydrogen (secondary N) is 1. The average Bonchev–Trinajstić information content (AvgIpc) is 3.36. The summed E-state index contributed by atoms with van der Waals surface area (Å²) in [5, 5.41) is 1.17. The monoisotopic (exact) mass is 539 g/mol. The van der Waals surface area contributed by atoms with E-state index in [1.165, 1.54) is 16.5 Å². The maximum absolute atomic E-state index is 13.8. The summed E-state index contributed by atoms with van der Waals surface area (Å²) < 4.78 is 5.29. The summed E-state index contributed by atoms with van der Waals surface area (Å²) in [7, 11) is 1.60. The summed E-state index contributed by atoms with van der Waals surface area (Å²) >= 11 is 0. The molecule has 3 aromatic carbocycles. The molecule has 0 spiro atoms.